The number of benzene rings is 1. The number of hydrogen-bond donors (Lipinski definition) is 1. The Balaban J connectivity index is 1.85. The van der Waals surface area contributed by atoms with E-state index in [-0.39, 0.29) is 11.3 Å². The summed E-state index contributed by atoms with van der Waals surface area (Å²) in [5.74, 6) is 0.249. The number of rotatable bonds is 4. The number of aliphatic hydroxyl groups is 1. The van der Waals surface area contributed by atoms with Crippen molar-refractivity contribution in [2.45, 2.75) is 45.3 Å². The van der Waals surface area contributed by atoms with Gasteiger partial charge in [0.2, 0.25) is 0 Å². The average Bonchev–Trinajstić information content (AvgIpc) is 3.03. The van der Waals surface area contributed by atoms with Gasteiger partial charge < -0.3 is 5.11 Å². The summed E-state index contributed by atoms with van der Waals surface area (Å²) < 4.78 is 1.76. The van der Waals surface area contributed by atoms with E-state index < -0.39 is 5.60 Å². The summed E-state index contributed by atoms with van der Waals surface area (Å²) >= 11 is 0. The largest absolute Gasteiger partial charge is 0.387 e. The van der Waals surface area contributed by atoms with E-state index in [1.165, 1.54) is 11.9 Å². The van der Waals surface area contributed by atoms with E-state index in [9.17, 15) is 5.11 Å². The summed E-state index contributed by atoms with van der Waals surface area (Å²) in [5, 5.41) is 15.6. The molecule has 0 spiro atoms. The van der Waals surface area contributed by atoms with Gasteiger partial charge in [0.25, 0.3) is 0 Å². The highest BCUT2D eigenvalue weighted by molar-refractivity contribution is 5.18. The van der Waals surface area contributed by atoms with Crippen LogP contribution in [-0.4, -0.2) is 25.5 Å². The molecule has 0 amide bonds. The lowest BCUT2D eigenvalue weighted by Gasteiger charge is -2.40. The summed E-state index contributed by atoms with van der Waals surface area (Å²) in [4.78, 5) is 3.99. The molecule has 1 N–H and O–H groups in total. The zero-order valence-electron chi connectivity index (χ0n) is 12.7. The van der Waals surface area contributed by atoms with Crippen LogP contribution in [0.1, 0.15) is 32.3 Å². The van der Waals surface area contributed by atoms with Crippen LogP contribution in [0.5, 0.6) is 0 Å². The van der Waals surface area contributed by atoms with Crippen LogP contribution in [0.3, 0.4) is 0 Å². The first-order valence-electron chi connectivity index (χ1n) is 7.60. The van der Waals surface area contributed by atoms with Gasteiger partial charge in [0.1, 0.15) is 12.7 Å². The minimum absolute atomic E-state index is 0.113. The van der Waals surface area contributed by atoms with Gasteiger partial charge in [0.05, 0.1) is 12.1 Å². The van der Waals surface area contributed by atoms with Gasteiger partial charge in [-0.25, -0.2) is 4.98 Å². The molecule has 4 heteroatoms. The minimum atomic E-state index is -0.753. The van der Waals surface area contributed by atoms with Gasteiger partial charge in [-0.05, 0) is 36.2 Å². The Labute approximate surface area is 125 Å². The van der Waals surface area contributed by atoms with Crippen LogP contribution in [0.25, 0.3) is 0 Å². The quantitative estimate of drug-likeness (QED) is 0.939. The molecule has 3 rings (SSSR count). The van der Waals surface area contributed by atoms with Gasteiger partial charge in [-0.15, -0.1) is 0 Å². The Morgan fingerprint density at radius 1 is 1.29 bits per heavy atom. The van der Waals surface area contributed by atoms with E-state index in [2.05, 4.69) is 48.2 Å². The molecular weight excluding hydrogens is 262 g/mol. The molecule has 1 aromatic heterocycles. The van der Waals surface area contributed by atoms with E-state index in [0.717, 1.165) is 19.3 Å². The SMILES string of the molecule is CC1(C)CCC(Cc2ccccc2)C1(O)Cn1cncn1. The maximum atomic E-state index is 11.4. The topological polar surface area (TPSA) is 50.9 Å². The molecule has 0 saturated heterocycles. The third-order valence-electron chi connectivity index (χ3n) is 5.16. The van der Waals surface area contributed by atoms with E-state index >= 15 is 0 Å². The van der Waals surface area contributed by atoms with Crippen LogP contribution >= 0.6 is 0 Å². The molecule has 0 radical (unpaired) electrons. The smallest absolute Gasteiger partial charge is 0.137 e. The lowest BCUT2D eigenvalue weighted by molar-refractivity contribution is -0.0907. The summed E-state index contributed by atoms with van der Waals surface area (Å²) in [6, 6.07) is 10.4. The molecule has 112 valence electrons. The standard InChI is InChI=1S/C17H23N3O/c1-16(2)9-8-15(10-14-6-4-3-5-7-14)17(16,21)11-20-13-18-12-19-20/h3-7,12-13,15,21H,8-11H2,1-2H3. The van der Waals surface area contributed by atoms with E-state index in [1.54, 1.807) is 11.0 Å². The van der Waals surface area contributed by atoms with Crippen molar-refractivity contribution in [1.82, 2.24) is 14.8 Å². The predicted molar refractivity (Wildman–Crippen MR) is 81.6 cm³/mol. The van der Waals surface area contributed by atoms with Crippen LogP contribution in [-0.2, 0) is 13.0 Å². The molecule has 1 heterocycles. The van der Waals surface area contributed by atoms with Crippen molar-refractivity contribution in [1.29, 1.82) is 0 Å². The van der Waals surface area contributed by atoms with Gasteiger partial charge in [-0.3, -0.25) is 4.68 Å². The molecule has 0 bridgehead atoms. The summed E-state index contributed by atoms with van der Waals surface area (Å²) in [6.45, 7) is 4.83. The first kappa shape index (κ1) is 14.3. The van der Waals surface area contributed by atoms with Crippen molar-refractivity contribution < 1.29 is 5.11 Å². The molecule has 0 aliphatic heterocycles. The van der Waals surface area contributed by atoms with Crippen LogP contribution < -0.4 is 0 Å². The van der Waals surface area contributed by atoms with Crippen LogP contribution in [0, 0.1) is 11.3 Å². The van der Waals surface area contributed by atoms with Crippen molar-refractivity contribution >= 4 is 0 Å². The predicted octanol–water partition coefficient (Wildman–Crippen LogP) is 2.69. The first-order valence-corrected chi connectivity index (χ1v) is 7.60. The van der Waals surface area contributed by atoms with Crippen molar-refractivity contribution in [2.75, 3.05) is 0 Å². The van der Waals surface area contributed by atoms with Gasteiger partial charge in [-0.1, -0.05) is 44.2 Å². The van der Waals surface area contributed by atoms with Crippen LogP contribution in [0.2, 0.25) is 0 Å². The molecule has 2 unspecified atom stereocenters. The Bertz CT molecular complexity index is 579. The fourth-order valence-electron chi connectivity index (χ4n) is 3.62. The Morgan fingerprint density at radius 2 is 2.05 bits per heavy atom. The molecule has 1 saturated carbocycles. The molecule has 1 aliphatic rings. The number of nitrogens with zero attached hydrogens (tertiary/aromatic N) is 3. The zero-order chi connectivity index (χ0) is 14.9. The summed E-state index contributed by atoms with van der Waals surface area (Å²) in [7, 11) is 0. The lowest BCUT2D eigenvalue weighted by atomic mass is 9.72. The molecule has 21 heavy (non-hydrogen) atoms. The molecule has 1 aromatic carbocycles. The van der Waals surface area contributed by atoms with Crippen molar-refractivity contribution in [3.63, 3.8) is 0 Å². The highest BCUT2D eigenvalue weighted by Crippen LogP contribution is 2.51. The third kappa shape index (κ3) is 2.60. The second-order valence-corrected chi connectivity index (χ2v) is 6.83. The normalized spacial score (nSPS) is 27.9. The summed E-state index contributed by atoms with van der Waals surface area (Å²) in [5.41, 5.74) is 0.423. The highest BCUT2D eigenvalue weighted by Gasteiger charge is 2.54. The first-order chi connectivity index (χ1) is 10.0. The minimum Gasteiger partial charge on any atom is -0.387 e. The van der Waals surface area contributed by atoms with Gasteiger partial charge in [0, 0.05) is 0 Å². The van der Waals surface area contributed by atoms with Crippen molar-refractivity contribution in [3.05, 3.63) is 48.5 Å². The van der Waals surface area contributed by atoms with Crippen molar-refractivity contribution in [3.8, 4) is 0 Å². The van der Waals surface area contributed by atoms with Gasteiger partial charge in [-0.2, -0.15) is 5.10 Å². The van der Waals surface area contributed by atoms with E-state index in [0.29, 0.717) is 6.54 Å². The second kappa shape index (κ2) is 5.26. The molecule has 4 nitrogen and oxygen atoms in total. The van der Waals surface area contributed by atoms with Gasteiger partial charge >= 0.3 is 0 Å². The highest BCUT2D eigenvalue weighted by atomic mass is 16.3. The molecule has 1 fully saturated rings. The van der Waals surface area contributed by atoms with Crippen molar-refractivity contribution in [2.24, 2.45) is 11.3 Å². The third-order valence-corrected chi connectivity index (χ3v) is 5.16. The second-order valence-electron chi connectivity index (χ2n) is 6.83. The molecular formula is C17H23N3O. The molecule has 2 aromatic rings. The van der Waals surface area contributed by atoms with E-state index in [1.807, 2.05) is 6.07 Å². The Kier molecular flexibility index (Phi) is 3.57. The maximum absolute atomic E-state index is 11.4. The summed E-state index contributed by atoms with van der Waals surface area (Å²) in [6.07, 6.45) is 6.21. The monoisotopic (exact) mass is 285 g/mol. The maximum Gasteiger partial charge on any atom is 0.137 e. The fraction of sp³-hybridized carbons (Fsp3) is 0.529. The van der Waals surface area contributed by atoms with Crippen LogP contribution in [0.15, 0.2) is 43.0 Å². The number of hydrogen-bond acceptors (Lipinski definition) is 3. The average molecular weight is 285 g/mol. The number of aromatic nitrogens is 3. The molecule has 1 aliphatic carbocycles. The zero-order valence-corrected chi connectivity index (χ0v) is 12.7. The van der Waals surface area contributed by atoms with Gasteiger partial charge in [0.15, 0.2) is 0 Å². The van der Waals surface area contributed by atoms with Crippen LogP contribution in [0.4, 0.5) is 0 Å². The fourth-order valence-corrected chi connectivity index (χ4v) is 3.62. The lowest BCUT2D eigenvalue weighted by Crippen LogP contribution is -2.49. The van der Waals surface area contributed by atoms with E-state index in [4.69, 9.17) is 0 Å². The molecule has 2 atom stereocenters. The Hall–Kier alpha value is -1.68. The Morgan fingerprint density at radius 3 is 2.71 bits per heavy atom.